The topological polar surface area (TPSA) is 38.3 Å². The number of unbranched alkanes of at least 4 members (excludes halogenated alkanes) is 1. The van der Waals surface area contributed by atoms with Crippen LogP contribution in [0.25, 0.3) is 6.08 Å². The number of nitrogens with one attached hydrogen (secondary N) is 1. The van der Waals surface area contributed by atoms with E-state index < -0.39 is 0 Å². The van der Waals surface area contributed by atoms with E-state index in [1.54, 1.807) is 6.08 Å². The smallest absolute Gasteiger partial charge is 0.248 e. The van der Waals surface area contributed by atoms with E-state index in [0.29, 0.717) is 0 Å². The van der Waals surface area contributed by atoms with Gasteiger partial charge >= 0.3 is 0 Å². The van der Waals surface area contributed by atoms with Crippen LogP contribution in [0.5, 0.6) is 5.75 Å². The van der Waals surface area contributed by atoms with Crippen molar-refractivity contribution < 1.29 is 9.53 Å². The lowest BCUT2D eigenvalue weighted by molar-refractivity contribution is -0.111. The summed E-state index contributed by atoms with van der Waals surface area (Å²) in [5.74, 6) is 0.678. The third kappa shape index (κ3) is 5.99. The third-order valence-electron chi connectivity index (χ3n) is 3.39. The zero-order valence-corrected chi connectivity index (χ0v) is 13.7. The summed E-state index contributed by atoms with van der Waals surface area (Å²) in [5.41, 5.74) is 2.96. The molecule has 120 valence electrons. The first-order valence-electron chi connectivity index (χ1n) is 7.96. The number of amides is 1. The standard InChI is InChI=1S/C20H23NO2/c1-3-4-15-23-19-12-10-18(11-13-19)21-20(22)14-9-17-7-5-16(2)6-8-17/h5-14H,3-4,15H2,1-2H3,(H,21,22)/b14-9+. The van der Waals surface area contributed by atoms with Crippen LogP contribution in [0.1, 0.15) is 30.9 Å². The summed E-state index contributed by atoms with van der Waals surface area (Å²) >= 11 is 0. The number of ether oxygens (including phenoxy) is 1. The van der Waals surface area contributed by atoms with Gasteiger partial charge in [0.15, 0.2) is 0 Å². The molecule has 2 rings (SSSR count). The molecule has 0 saturated heterocycles. The molecule has 0 fully saturated rings. The van der Waals surface area contributed by atoms with Crippen molar-refractivity contribution in [3.05, 3.63) is 65.7 Å². The van der Waals surface area contributed by atoms with Crippen molar-refractivity contribution in [1.29, 1.82) is 0 Å². The molecule has 2 aromatic carbocycles. The van der Waals surface area contributed by atoms with Crippen LogP contribution in [-0.4, -0.2) is 12.5 Å². The van der Waals surface area contributed by atoms with Crippen LogP contribution >= 0.6 is 0 Å². The highest BCUT2D eigenvalue weighted by atomic mass is 16.5. The molecule has 0 aliphatic carbocycles. The summed E-state index contributed by atoms with van der Waals surface area (Å²) < 4.78 is 5.59. The summed E-state index contributed by atoms with van der Waals surface area (Å²) in [6.07, 6.45) is 5.50. The number of anilines is 1. The van der Waals surface area contributed by atoms with Gasteiger partial charge in [-0.3, -0.25) is 4.79 Å². The summed E-state index contributed by atoms with van der Waals surface area (Å²) in [4.78, 5) is 11.9. The molecule has 0 aromatic heterocycles. The summed E-state index contributed by atoms with van der Waals surface area (Å²) in [7, 11) is 0. The monoisotopic (exact) mass is 309 g/mol. The van der Waals surface area contributed by atoms with E-state index in [-0.39, 0.29) is 5.91 Å². The van der Waals surface area contributed by atoms with E-state index in [2.05, 4.69) is 12.2 Å². The normalized spacial score (nSPS) is 10.7. The SMILES string of the molecule is CCCCOc1ccc(NC(=O)/C=C/c2ccc(C)cc2)cc1. The van der Waals surface area contributed by atoms with E-state index in [4.69, 9.17) is 4.74 Å². The predicted molar refractivity (Wildman–Crippen MR) is 95.7 cm³/mol. The molecule has 0 aliphatic heterocycles. The fourth-order valence-electron chi connectivity index (χ4n) is 2.00. The second-order valence-corrected chi connectivity index (χ2v) is 5.46. The highest BCUT2D eigenvalue weighted by molar-refractivity contribution is 6.01. The number of rotatable bonds is 7. The second kappa shape index (κ2) is 8.79. The zero-order valence-electron chi connectivity index (χ0n) is 13.7. The Bertz CT molecular complexity index is 642. The number of hydrogen-bond donors (Lipinski definition) is 1. The maximum absolute atomic E-state index is 11.9. The van der Waals surface area contributed by atoms with Crippen molar-refractivity contribution in [2.75, 3.05) is 11.9 Å². The van der Waals surface area contributed by atoms with Crippen LogP contribution in [-0.2, 0) is 4.79 Å². The lowest BCUT2D eigenvalue weighted by Gasteiger charge is -2.07. The molecule has 0 unspecified atom stereocenters. The first kappa shape index (κ1) is 16.8. The number of benzene rings is 2. The molecule has 0 aliphatic rings. The fraction of sp³-hybridized carbons (Fsp3) is 0.250. The van der Waals surface area contributed by atoms with Crippen LogP contribution in [0, 0.1) is 6.92 Å². The van der Waals surface area contributed by atoms with Crippen LogP contribution in [0.3, 0.4) is 0 Å². The van der Waals surface area contributed by atoms with Crippen LogP contribution in [0.2, 0.25) is 0 Å². The maximum atomic E-state index is 11.9. The Hall–Kier alpha value is -2.55. The molecule has 0 atom stereocenters. The molecule has 3 heteroatoms. The maximum Gasteiger partial charge on any atom is 0.248 e. The Morgan fingerprint density at radius 1 is 1.09 bits per heavy atom. The summed E-state index contributed by atoms with van der Waals surface area (Å²) in [6, 6.07) is 15.5. The van der Waals surface area contributed by atoms with Crippen molar-refractivity contribution in [2.45, 2.75) is 26.7 Å². The van der Waals surface area contributed by atoms with E-state index in [1.165, 1.54) is 11.6 Å². The lowest BCUT2D eigenvalue weighted by atomic mass is 10.1. The Kier molecular flexibility index (Phi) is 6.42. The molecule has 0 saturated carbocycles. The summed E-state index contributed by atoms with van der Waals surface area (Å²) in [6.45, 7) is 4.89. The average molecular weight is 309 g/mol. The number of aryl methyl sites for hydroxylation is 1. The first-order chi connectivity index (χ1) is 11.2. The average Bonchev–Trinajstić information content (AvgIpc) is 2.56. The third-order valence-corrected chi connectivity index (χ3v) is 3.39. The molecule has 0 bridgehead atoms. The molecule has 0 radical (unpaired) electrons. The van der Waals surface area contributed by atoms with Crippen LogP contribution in [0.15, 0.2) is 54.6 Å². The minimum absolute atomic E-state index is 0.148. The van der Waals surface area contributed by atoms with E-state index in [9.17, 15) is 4.79 Å². The lowest BCUT2D eigenvalue weighted by Crippen LogP contribution is -2.07. The largest absolute Gasteiger partial charge is 0.494 e. The number of hydrogen-bond acceptors (Lipinski definition) is 2. The van der Waals surface area contributed by atoms with Gasteiger partial charge in [-0.15, -0.1) is 0 Å². The predicted octanol–water partition coefficient (Wildman–Crippen LogP) is 4.83. The quantitative estimate of drug-likeness (QED) is 0.588. The van der Waals surface area contributed by atoms with Gasteiger partial charge in [0.05, 0.1) is 6.61 Å². The van der Waals surface area contributed by atoms with E-state index in [0.717, 1.165) is 36.4 Å². The number of carbonyl (C=O) groups is 1. The van der Waals surface area contributed by atoms with Gasteiger partial charge in [-0.25, -0.2) is 0 Å². The fourth-order valence-corrected chi connectivity index (χ4v) is 2.00. The Balaban J connectivity index is 1.86. The number of carbonyl (C=O) groups excluding carboxylic acids is 1. The Morgan fingerprint density at radius 3 is 2.43 bits per heavy atom. The Morgan fingerprint density at radius 2 is 1.78 bits per heavy atom. The van der Waals surface area contributed by atoms with Gasteiger partial charge < -0.3 is 10.1 Å². The summed E-state index contributed by atoms with van der Waals surface area (Å²) in [5, 5.41) is 2.84. The van der Waals surface area contributed by atoms with E-state index in [1.807, 2.05) is 55.5 Å². The molecule has 0 heterocycles. The Labute approximate surface area is 138 Å². The minimum Gasteiger partial charge on any atom is -0.494 e. The molecule has 1 amide bonds. The highest BCUT2D eigenvalue weighted by Crippen LogP contribution is 2.16. The molecular formula is C20H23NO2. The van der Waals surface area contributed by atoms with Crippen LogP contribution in [0.4, 0.5) is 5.69 Å². The van der Waals surface area contributed by atoms with Gasteiger partial charge in [0.1, 0.15) is 5.75 Å². The molecule has 0 spiro atoms. The first-order valence-corrected chi connectivity index (χ1v) is 7.96. The van der Waals surface area contributed by atoms with Crippen molar-refractivity contribution in [2.24, 2.45) is 0 Å². The molecule has 3 nitrogen and oxygen atoms in total. The van der Waals surface area contributed by atoms with Gasteiger partial charge in [-0.05, 0) is 49.2 Å². The van der Waals surface area contributed by atoms with Crippen molar-refractivity contribution in [1.82, 2.24) is 0 Å². The van der Waals surface area contributed by atoms with Crippen molar-refractivity contribution in [3.63, 3.8) is 0 Å². The van der Waals surface area contributed by atoms with Gasteiger partial charge in [-0.1, -0.05) is 43.2 Å². The van der Waals surface area contributed by atoms with Crippen molar-refractivity contribution >= 4 is 17.7 Å². The van der Waals surface area contributed by atoms with Gasteiger partial charge in [0.2, 0.25) is 5.91 Å². The second-order valence-electron chi connectivity index (χ2n) is 5.46. The van der Waals surface area contributed by atoms with Gasteiger partial charge in [-0.2, -0.15) is 0 Å². The van der Waals surface area contributed by atoms with Gasteiger partial charge in [0, 0.05) is 11.8 Å². The van der Waals surface area contributed by atoms with Crippen molar-refractivity contribution in [3.8, 4) is 5.75 Å². The highest BCUT2D eigenvalue weighted by Gasteiger charge is 1.99. The van der Waals surface area contributed by atoms with Crippen LogP contribution < -0.4 is 10.1 Å². The molecular weight excluding hydrogens is 286 g/mol. The zero-order chi connectivity index (χ0) is 16.5. The van der Waals surface area contributed by atoms with Gasteiger partial charge in [0.25, 0.3) is 0 Å². The molecule has 1 N–H and O–H groups in total. The molecule has 2 aromatic rings. The van der Waals surface area contributed by atoms with E-state index >= 15 is 0 Å². The molecule has 23 heavy (non-hydrogen) atoms. The minimum atomic E-state index is -0.148.